The van der Waals surface area contributed by atoms with E-state index in [2.05, 4.69) is 0 Å². The minimum Gasteiger partial charge on any atom is -0.496 e. The fourth-order valence-electron chi connectivity index (χ4n) is 2.79. The third-order valence-electron chi connectivity index (χ3n) is 3.83. The molecule has 1 aliphatic carbocycles. The van der Waals surface area contributed by atoms with Gasteiger partial charge in [0.1, 0.15) is 11.5 Å². The third kappa shape index (κ3) is 2.78. The summed E-state index contributed by atoms with van der Waals surface area (Å²) in [7, 11) is 1.60. The quantitative estimate of drug-likeness (QED) is 0.909. The zero-order chi connectivity index (χ0) is 14.0. The highest BCUT2D eigenvalue weighted by Gasteiger charge is 2.35. The molecule has 1 saturated carbocycles. The topological polar surface area (TPSA) is 63.6 Å². The first-order chi connectivity index (χ1) is 9.02. The van der Waals surface area contributed by atoms with E-state index in [-0.39, 0.29) is 11.7 Å². The summed E-state index contributed by atoms with van der Waals surface area (Å²) in [5.74, 6) is -0.575. The number of carboxylic acids is 1. The summed E-state index contributed by atoms with van der Waals surface area (Å²) in [6.45, 7) is 1.92. The maximum Gasteiger partial charge on any atom is 0.307 e. The normalized spacial score (nSPS) is 23.2. The molecule has 0 aromatic heterocycles. The Labute approximate surface area is 112 Å². The van der Waals surface area contributed by atoms with E-state index >= 15 is 0 Å². The second-order valence-electron chi connectivity index (χ2n) is 5.06. The SMILES string of the molecule is COc1ccc(C2CC(=O)CCC2C(=O)O)cc1C. The number of carbonyl (C=O) groups is 2. The smallest absolute Gasteiger partial charge is 0.307 e. The summed E-state index contributed by atoms with van der Waals surface area (Å²) in [6.07, 6.45) is 1.13. The number of rotatable bonds is 3. The van der Waals surface area contributed by atoms with Crippen LogP contribution >= 0.6 is 0 Å². The summed E-state index contributed by atoms with van der Waals surface area (Å²) in [5, 5.41) is 9.29. The predicted octanol–water partition coefficient (Wildman–Crippen LogP) is 2.54. The largest absolute Gasteiger partial charge is 0.496 e. The number of carbonyl (C=O) groups excluding carboxylic acids is 1. The number of ether oxygens (including phenoxy) is 1. The maximum atomic E-state index is 11.6. The van der Waals surface area contributed by atoms with E-state index in [1.807, 2.05) is 25.1 Å². The van der Waals surface area contributed by atoms with E-state index in [4.69, 9.17) is 4.74 Å². The molecule has 0 heterocycles. The van der Waals surface area contributed by atoms with E-state index in [9.17, 15) is 14.7 Å². The first-order valence-electron chi connectivity index (χ1n) is 6.42. The first-order valence-corrected chi connectivity index (χ1v) is 6.42. The summed E-state index contributed by atoms with van der Waals surface area (Å²) < 4.78 is 5.20. The van der Waals surface area contributed by atoms with Gasteiger partial charge in [-0.3, -0.25) is 9.59 Å². The van der Waals surface area contributed by atoms with Gasteiger partial charge in [0.2, 0.25) is 0 Å². The van der Waals surface area contributed by atoms with Gasteiger partial charge in [0, 0.05) is 18.8 Å². The van der Waals surface area contributed by atoms with Gasteiger partial charge in [-0.15, -0.1) is 0 Å². The van der Waals surface area contributed by atoms with E-state index in [1.165, 1.54) is 0 Å². The number of methoxy groups -OCH3 is 1. The zero-order valence-electron chi connectivity index (χ0n) is 11.2. The molecule has 1 aromatic rings. The third-order valence-corrected chi connectivity index (χ3v) is 3.83. The van der Waals surface area contributed by atoms with Crippen LogP contribution in [0.3, 0.4) is 0 Å². The summed E-state index contributed by atoms with van der Waals surface area (Å²) in [4.78, 5) is 22.9. The lowest BCUT2D eigenvalue weighted by Crippen LogP contribution is -2.29. The first kappa shape index (κ1) is 13.6. The standard InChI is InChI=1S/C15H18O4/c1-9-7-10(3-6-14(9)19-2)13-8-11(16)4-5-12(13)15(17)18/h3,6-7,12-13H,4-5,8H2,1-2H3,(H,17,18). The fraction of sp³-hybridized carbons (Fsp3) is 0.467. The molecular formula is C15H18O4. The lowest BCUT2D eigenvalue weighted by Gasteiger charge is -2.28. The molecule has 4 heteroatoms. The van der Waals surface area contributed by atoms with E-state index < -0.39 is 11.9 Å². The molecule has 2 unspecified atom stereocenters. The second-order valence-corrected chi connectivity index (χ2v) is 5.06. The molecule has 0 aliphatic heterocycles. The number of Topliss-reactive ketones (excluding diaryl/α,β-unsaturated/α-hetero) is 1. The van der Waals surface area contributed by atoms with Crippen molar-refractivity contribution in [3.8, 4) is 5.75 Å². The van der Waals surface area contributed by atoms with Gasteiger partial charge < -0.3 is 9.84 Å². The van der Waals surface area contributed by atoms with Crippen LogP contribution in [0.1, 0.15) is 36.3 Å². The van der Waals surface area contributed by atoms with Crippen LogP contribution in [-0.4, -0.2) is 24.0 Å². The van der Waals surface area contributed by atoms with Crippen LogP contribution in [0.5, 0.6) is 5.75 Å². The monoisotopic (exact) mass is 262 g/mol. The lowest BCUT2D eigenvalue weighted by molar-refractivity contribution is -0.144. The van der Waals surface area contributed by atoms with E-state index in [0.29, 0.717) is 19.3 Å². The Morgan fingerprint density at radius 2 is 2.16 bits per heavy atom. The molecule has 2 rings (SSSR count). The number of aryl methyl sites for hydroxylation is 1. The fourth-order valence-corrected chi connectivity index (χ4v) is 2.79. The number of carboxylic acid groups (broad SMARTS) is 1. The Kier molecular flexibility index (Phi) is 3.88. The second kappa shape index (κ2) is 5.43. The Hall–Kier alpha value is -1.84. The van der Waals surface area contributed by atoms with Crippen LogP contribution in [0.4, 0.5) is 0 Å². The van der Waals surface area contributed by atoms with Gasteiger partial charge in [0.25, 0.3) is 0 Å². The zero-order valence-corrected chi connectivity index (χ0v) is 11.2. The molecule has 1 aliphatic rings. The highest BCUT2D eigenvalue weighted by Crippen LogP contribution is 2.37. The minimum atomic E-state index is -0.814. The van der Waals surface area contributed by atoms with Crippen LogP contribution in [0, 0.1) is 12.8 Å². The molecular weight excluding hydrogens is 244 g/mol. The van der Waals surface area contributed by atoms with Gasteiger partial charge in [-0.05, 0) is 30.5 Å². The molecule has 19 heavy (non-hydrogen) atoms. The molecule has 1 aromatic carbocycles. The molecule has 0 radical (unpaired) electrons. The molecule has 1 fully saturated rings. The van der Waals surface area contributed by atoms with Crippen LogP contribution in [0.25, 0.3) is 0 Å². The molecule has 4 nitrogen and oxygen atoms in total. The average Bonchev–Trinajstić information content (AvgIpc) is 2.38. The lowest BCUT2D eigenvalue weighted by atomic mass is 9.74. The van der Waals surface area contributed by atoms with Gasteiger partial charge in [0.15, 0.2) is 0 Å². The number of hydrogen-bond acceptors (Lipinski definition) is 3. The minimum absolute atomic E-state index is 0.149. The summed E-state index contributed by atoms with van der Waals surface area (Å²) in [5.41, 5.74) is 1.88. The highest BCUT2D eigenvalue weighted by molar-refractivity contribution is 5.83. The van der Waals surface area contributed by atoms with Crippen molar-refractivity contribution >= 4 is 11.8 Å². The van der Waals surface area contributed by atoms with Gasteiger partial charge in [-0.2, -0.15) is 0 Å². The number of benzene rings is 1. The van der Waals surface area contributed by atoms with Crippen molar-refractivity contribution in [2.45, 2.75) is 32.1 Å². The Morgan fingerprint density at radius 1 is 1.42 bits per heavy atom. The van der Waals surface area contributed by atoms with Crippen molar-refractivity contribution in [2.75, 3.05) is 7.11 Å². The van der Waals surface area contributed by atoms with E-state index in [0.717, 1.165) is 16.9 Å². The molecule has 102 valence electrons. The molecule has 0 spiro atoms. The van der Waals surface area contributed by atoms with Gasteiger partial charge in [-0.25, -0.2) is 0 Å². The van der Waals surface area contributed by atoms with Gasteiger partial charge in [0.05, 0.1) is 13.0 Å². The summed E-state index contributed by atoms with van der Waals surface area (Å²) in [6, 6.07) is 5.63. The van der Waals surface area contributed by atoms with Crippen molar-refractivity contribution < 1.29 is 19.4 Å². The molecule has 0 saturated heterocycles. The Morgan fingerprint density at radius 3 is 2.74 bits per heavy atom. The van der Waals surface area contributed by atoms with Crippen LogP contribution in [-0.2, 0) is 9.59 Å². The Bertz CT molecular complexity index is 507. The van der Waals surface area contributed by atoms with Crippen molar-refractivity contribution in [1.82, 2.24) is 0 Å². The van der Waals surface area contributed by atoms with Crippen LogP contribution in [0.2, 0.25) is 0 Å². The molecule has 0 bridgehead atoms. The predicted molar refractivity (Wildman–Crippen MR) is 70.5 cm³/mol. The van der Waals surface area contributed by atoms with Crippen LogP contribution in [0.15, 0.2) is 18.2 Å². The number of hydrogen-bond donors (Lipinski definition) is 1. The van der Waals surface area contributed by atoms with Crippen molar-refractivity contribution in [3.05, 3.63) is 29.3 Å². The average molecular weight is 262 g/mol. The molecule has 0 amide bonds. The highest BCUT2D eigenvalue weighted by atomic mass is 16.5. The number of ketones is 1. The van der Waals surface area contributed by atoms with Gasteiger partial charge >= 0.3 is 5.97 Å². The van der Waals surface area contributed by atoms with E-state index in [1.54, 1.807) is 7.11 Å². The van der Waals surface area contributed by atoms with Gasteiger partial charge in [-0.1, -0.05) is 12.1 Å². The maximum absolute atomic E-state index is 11.6. The number of aliphatic carboxylic acids is 1. The molecule has 2 atom stereocenters. The van der Waals surface area contributed by atoms with Crippen LogP contribution < -0.4 is 4.74 Å². The van der Waals surface area contributed by atoms with Crippen molar-refractivity contribution in [3.63, 3.8) is 0 Å². The van der Waals surface area contributed by atoms with Crippen molar-refractivity contribution in [2.24, 2.45) is 5.92 Å². The Balaban J connectivity index is 2.33. The summed E-state index contributed by atoms with van der Waals surface area (Å²) >= 11 is 0. The van der Waals surface area contributed by atoms with Crippen molar-refractivity contribution in [1.29, 1.82) is 0 Å². The molecule has 1 N–H and O–H groups in total.